The number of non-ortho nitro benzene ring substituents is 1. The zero-order chi connectivity index (χ0) is 29.0. The first-order chi connectivity index (χ1) is 18.8. The van der Waals surface area contributed by atoms with Gasteiger partial charge in [-0.25, -0.2) is 0 Å². The zero-order valence-electron chi connectivity index (χ0n) is 23.1. The molecule has 5 rings (SSSR count). The summed E-state index contributed by atoms with van der Waals surface area (Å²) < 4.78 is 0. The van der Waals surface area contributed by atoms with Gasteiger partial charge in [0.25, 0.3) is 5.69 Å². The van der Waals surface area contributed by atoms with E-state index in [0.717, 1.165) is 51.0 Å². The Morgan fingerprint density at radius 2 is 1.85 bits per heavy atom. The lowest BCUT2D eigenvalue weighted by Crippen LogP contribution is -2.51. The number of nitrogens with zero attached hydrogens (tertiary/aromatic N) is 4. The summed E-state index contributed by atoms with van der Waals surface area (Å²) in [5, 5.41) is 49.2. The molecule has 12 heteroatoms. The number of nitro benzene ring substituents is 2. The molecule has 216 valence electrons. The van der Waals surface area contributed by atoms with Crippen LogP contribution in [-0.4, -0.2) is 38.2 Å². The van der Waals surface area contributed by atoms with Crippen molar-refractivity contribution in [2.45, 2.75) is 71.8 Å². The fourth-order valence-electron chi connectivity index (χ4n) is 9.11. The summed E-state index contributed by atoms with van der Waals surface area (Å²) in [6.45, 7) is 6.24. The molecule has 0 unspecified atom stereocenters. The van der Waals surface area contributed by atoms with Crippen molar-refractivity contribution in [1.29, 1.82) is 0 Å². The van der Waals surface area contributed by atoms with Crippen molar-refractivity contribution in [2.24, 2.45) is 45.5 Å². The molecule has 8 atom stereocenters. The monoisotopic (exact) mass is 555 g/mol. The highest BCUT2D eigenvalue weighted by Crippen LogP contribution is 2.67. The molecule has 1 aromatic rings. The molecular formula is C28H37N5O7. The molecule has 0 amide bonds. The normalized spacial score (nSPS) is 37.0. The number of anilines is 1. The molecule has 0 aliphatic heterocycles. The molecule has 0 radical (unpaired) electrons. The second-order valence-electron chi connectivity index (χ2n) is 12.8. The fourth-order valence-corrected chi connectivity index (χ4v) is 9.11. The Balaban J connectivity index is 1.45. The lowest BCUT2D eigenvalue weighted by atomic mass is 9.47. The van der Waals surface area contributed by atoms with Gasteiger partial charge in [0.15, 0.2) is 0 Å². The third-order valence-corrected chi connectivity index (χ3v) is 10.8. The van der Waals surface area contributed by atoms with E-state index in [2.05, 4.69) is 30.5 Å². The molecule has 40 heavy (non-hydrogen) atoms. The fraction of sp³-hybridized carbons (Fsp3) is 0.679. The Kier molecular flexibility index (Phi) is 7.18. The molecule has 3 fully saturated rings. The van der Waals surface area contributed by atoms with Crippen LogP contribution in [0, 0.1) is 70.8 Å². The maximum absolute atomic E-state index is 11.8. The molecule has 3 saturated carbocycles. The van der Waals surface area contributed by atoms with E-state index in [4.69, 9.17) is 0 Å². The quantitative estimate of drug-likeness (QED) is 0.185. The number of nitro groups is 3. The van der Waals surface area contributed by atoms with Crippen molar-refractivity contribution in [3.63, 3.8) is 0 Å². The number of aliphatic hydroxyl groups is 1. The Morgan fingerprint density at radius 3 is 2.52 bits per heavy atom. The van der Waals surface area contributed by atoms with Crippen molar-refractivity contribution < 1.29 is 19.9 Å². The topological polar surface area (TPSA) is 174 Å². The summed E-state index contributed by atoms with van der Waals surface area (Å²) in [6.07, 6.45) is 8.14. The van der Waals surface area contributed by atoms with Gasteiger partial charge in [-0.1, -0.05) is 25.5 Å². The molecule has 0 spiro atoms. The van der Waals surface area contributed by atoms with E-state index >= 15 is 0 Å². The number of benzene rings is 1. The van der Waals surface area contributed by atoms with Gasteiger partial charge in [0.05, 0.1) is 22.0 Å². The van der Waals surface area contributed by atoms with E-state index in [-0.39, 0.29) is 51.8 Å². The van der Waals surface area contributed by atoms with Gasteiger partial charge in [0.1, 0.15) is 5.69 Å². The van der Waals surface area contributed by atoms with Crippen LogP contribution in [0.2, 0.25) is 0 Å². The lowest BCUT2D eigenvalue weighted by Gasteiger charge is -2.58. The number of hydrogen-bond acceptors (Lipinski definition) is 9. The zero-order valence-corrected chi connectivity index (χ0v) is 23.1. The predicted octanol–water partition coefficient (Wildman–Crippen LogP) is 5.73. The van der Waals surface area contributed by atoms with Gasteiger partial charge >= 0.3 is 5.69 Å². The van der Waals surface area contributed by atoms with Gasteiger partial charge in [0, 0.05) is 28.5 Å². The van der Waals surface area contributed by atoms with Crippen molar-refractivity contribution in [1.82, 2.24) is 0 Å². The minimum atomic E-state index is -0.695. The predicted molar refractivity (Wildman–Crippen MR) is 148 cm³/mol. The van der Waals surface area contributed by atoms with Crippen molar-refractivity contribution in [2.75, 3.05) is 12.0 Å². The van der Waals surface area contributed by atoms with Gasteiger partial charge in [-0.3, -0.25) is 35.8 Å². The summed E-state index contributed by atoms with van der Waals surface area (Å²) in [7, 11) is 0. The first kappa shape index (κ1) is 28.1. The van der Waals surface area contributed by atoms with Crippen LogP contribution in [0.5, 0.6) is 0 Å². The van der Waals surface area contributed by atoms with Gasteiger partial charge in [0.2, 0.25) is 6.54 Å². The Hall–Kier alpha value is -3.41. The van der Waals surface area contributed by atoms with Gasteiger partial charge in [-0.05, 0) is 86.5 Å². The van der Waals surface area contributed by atoms with E-state index < -0.39 is 21.2 Å². The Bertz CT molecular complexity index is 1300. The van der Waals surface area contributed by atoms with E-state index in [1.165, 1.54) is 17.7 Å². The van der Waals surface area contributed by atoms with Gasteiger partial charge < -0.3 is 5.11 Å². The Labute approximate surface area is 232 Å². The van der Waals surface area contributed by atoms with Crippen LogP contribution in [0.4, 0.5) is 17.1 Å². The highest BCUT2D eigenvalue weighted by Gasteiger charge is 2.62. The van der Waals surface area contributed by atoms with Crippen molar-refractivity contribution in [3.05, 3.63) is 60.2 Å². The third-order valence-electron chi connectivity index (χ3n) is 10.8. The van der Waals surface area contributed by atoms with E-state index in [0.29, 0.717) is 17.5 Å². The van der Waals surface area contributed by atoms with Crippen LogP contribution in [0.3, 0.4) is 0 Å². The van der Waals surface area contributed by atoms with Crippen LogP contribution in [-0.2, 0) is 0 Å². The van der Waals surface area contributed by atoms with Crippen molar-refractivity contribution in [3.8, 4) is 0 Å². The number of rotatable bonds is 7. The first-order valence-electron chi connectivity index (χ1n) is 14.1. The maximum Gasteiger partial charge on any atom is 0.301 e. The van der Waals surface area contributed by atoms with Crippen LogP contribution in [0.25, 0.3) is 0 Å². The summed E-state index contributed by atoms with van der Waals surface area (Å²) in [4.78, 5) is 32.8. The second-order valence-corrected chi connectivity index (χ2v) is 12.8. The smallest absolute Gasteiger partial charge is 0.301 e. The average molecular weight is 556 g/mol. The molecule has 0 heterocycles. The summed E-state index contributed by atoms with van der Waals surface area (Å²) >= 11 is 0. The number of aliphatic hydroxyl groups excluding tert-OH is 1. The minimum Gasteiger partial charge on any atom is -0.393 e. The summed E-state index contributed by atoms with van der Waals surface area (Å²) in [5.41, 5.74) is 3.80. The van der Waals surface area contributed by atoms with Crippen molar-refractivity contribution >= 4 is 22.8 Å². The first-order valence-corrected chi connectivity index (χ1v) is 14.1. The molecule has 12 nitrogen and oxygen atoms in total. The van der Waals surface area contributed by atoms with Gasteiger partial charge in [-0.2, -0.15) is 5.10 Å². The van der Waals surface area contributed by atoms with Crippen LogP contribution < -0.4 is 5.43 Å². The van der Waals surface area contributed by atoms with E-state index in [1.807, 2.05) is 6.92 Å². The van der Waals surface area contributed by atoms with E-state index in [9.17, 15) is 35.4 Å². The molecule has 4 aliphatic rings. The molecule has 1 aromatic carbocycles. The summed E-state index contributed by atoms with van der Waals surface area (Å²) in [5.74, 6) is 0.763. The number of hydrogen-bond donors (Lipinski definition) is 2. The number of hydrazone groups is 1. The standard InChI is InChI=1S/C28H37N5O7/c1-16(29-30-24-7-5-19(32(37)38)14-25(24)33(39)40)26-17(15-31(35)36)12-23-21-6-4-18-13-20(34)8-10-27(18,2)22(21)9-11-28(23,26)3/h4-5,7,14,17,20-23,26,30,34H,6,8-13,15H2,1-3H3/t17-,20-,21-,22+,23+,26+,27-,28-/m0/s1. The SMILES string of the molecule is CC(=NNc1ccc([N+](=O)[O-])cc1[N+](=O)[O-])[C@@H]1[C@H](C[N+](=O)[O-])C[C@@H]2[C@H]3CC=C4C[C@@H](O)CC[C@]4(C)[C@@H]3CC[C@@]21C. The summed E-state index contributed by atoms with van der Waals surface area (Å²) in [6, 6.07) is 3.34. The number of fused-ring (bicyclic) bond motifs is 5. The second kappa shape index (κ2) is 10.2. The van der Waals surface area contributed by atoms with Gasteiger partial charge in [-0.15, -0.1) is 0 Å². The average Bonchev–Trinajstić information content (AvgIpc) is 3.18. The lowest BCUT2D eigenvalue weighted by molar-refractivity contribution is -0.489. The molecule has 4 aliphatic carbocycles. The molecular weight excluding hydrogens is 518 g/mol. The highest BCUT2D eigenvalue weighted by atomic mass is 16.6. The largest absolute Gasteiger partial charge is 0.393 e. The number of nitrogens with one attached hydrogen (secondary N) is 1. The molecule has 0 aromatic heterocycles. The molecule has 2 N–H and O–H groups in total. The highest BCUT2D eigenvalue weighted by molar-refractivity contribution is 5.87. The minimum absolute atomic E-state index is 0.0292. The number of allylic oxidation sites excluding steroid dienone is 1. The maximum atomic E-state index is 11.8. The third kappa shape index (κ3) is 4.65. The van der Waals surface area contributed by atoms with Crippen LogP contribution >= 0.6 is 0 Å². The molecule has 0 bridgehead atoms. The van der Waals surface area contributed by atoms with E-state index in [1.54, 1.807) is 0 Å². The Morgan fingerprint density at radius 1 is 1.10 bits per heavy atom. The molecule has 0 saturated heterocycles. The van der Waals surface area contributed by atoms with Crippen LogP contribution in [0.15, 0.2) is 34.9 Å². The van der Waals surface area contributed by atoms with Crippen LogP contribution in [0.1, 0.15) is 65.7 Å².